The van der Waals surface area contributed by atoms with Crippen LogP contribution in [0.2, 0.25) is 0 Å². The Kier molecular flexibility index (Phi) is 38.2. The first-order valence-electron chi connectivity index (χ1n) is 16.9. The van der Waals surface area contributed by atoms with E-state index < -0.39 is 5.97 Å². The minimum atomic E-state index is -0.806. The van der Waals surface area contributed by atoms with Gasteiger partial charge in [0.1, 0.15) is 0 Å². The summed E-state index contributed by atoms with van der Waals surface area (Å²) < 4.78 is 0. The van der Waals surface area contributed by atoms with Gasteiger partial charge in [0.05, 0.1) is 0 Å². The first kappa shape index (κ1) is 40.2. The van der Waals surface area contributed by atoms with Crippen molar-refractivity contribution < 1.29 is 61.3 Å². The van der Waals surface area contributed by atoms with Crippen LogP contribution in [0, 0.1) is 5.92 Å². The van der Waals surface area contributed by atoms with E-state index in [0.29, 0.717) is 0 Å². The molecule has 0 aromatic rings. The standard InChI is InChI=1S/C34H68O2.K/c1-3-5-7-9-11-13-15-17-19-21-23-25-27-29-31-33(34(35)36)32-30-28-26-24-22-20-18-16-14-12-10-8-6-4-2;/h33H,3-32H2,1-2H3,(H,35,36);/q;+1/p-1. The summed E-state index contributed by atoms with van der Waals surface area (Å²) in [5.74, 6) is -1.01. The minimum absolute atomic E-state index is 0. The first-order valence-corrected chi connectivity index (χ1v) is 16.9. The third-order valence-corrected chi connectivity index (χ3v) is 8.15. The molecule has 216 valence electrons. The van der Waals surface area contributed by atoms with Crippen LogP contribution >= 0.6 is 0 Å². The maximum atomic E-state index is 11.5. The summed E-state index contributed by atoms with van der Waals surface area (Å²) in [5.41, 5.74) is 0. The fourth-order valence-electron chi connectivity index (χ4n) is 5.55. The molecule has 37 heavy (non-hydrogen) atoms. The van der Waals surface area contributed by atoms with Crippen molar-refractivity contribution in [2.75, 3.05) is 0 Å². The number of hydrogen-bond acceptors (Lipinski definition) is 2. The van der Waals surface area contributed by atoms with E-state index in [1.165, 1.54) is 167 Å². The van der Waals surface area contributed by atoms with Crippen LogP contribution in [-0.4, -0.2) is 5.97 Å². The molecule has 0 spiro atoms. The van der Waals surface area contributed by atoms with E-state index in [-0.39, 0.29) is 57.3 Å². The van der Waals surface area contributed by atoms with Gasteiger partial charge in [-0.15, -0.1) is 0 Å². The molecule has 0 aliphatic heterocycles. The van der Waals surface area contributed by atoms with E-state index in [2.05, 4.69) is 13.8 Å². The van der Waals surface area contributed by atoms with E-state index >= 15 is 0 Å². The Labute approximate surface area is 277 Å². The van der Waals surface area contributed by atoms with Crippen molar-refractivity contribution in [1.29, 1.82) is 0 Å². The summed E-state index contributed by atoms with van der Waals surface area (Å²) in [6.07, 6.45) is 39.4. The zero-order valence-electron chi connectivity index (χ0n) is 26.1. The van der Waals surface area contributed by atoms with Crippen molar-refractivity contribution in [1.82, 2.24) is 0 Å². The van der Waals surface area contributed by atoms with Gasteiger partial charge in [0.25, 0.3) is 0 Å². The average Bonchev–Trinajstić information content (AvgIpc) is 2.87. The SMILES string of the molecule is CCCCCCCCCCCCCCCCC(CCCCCCCCCCCCCCCC)C(=O)[O-].[K+]. The van der Waals surface area contributed by atoms with Gasteiger partial charge in [0.2, 0.25) is 0 Å². The predicted octanol–water partition coefficient (Wildman–Crippen LogP) is 8.10. The average molecular weight is 547 g/mol. The van der Waals surface area contributed by atoms with Gasteiger partial charge in [-0.05, 0) is 18.8 Å². The Morgan fingerprint density at radius 1 is 0.405 bits per heavy atom. The van der Waals surface area contributed by atoms with Gasteiger partial charge in [-0.25, -0.2) is 0 Å². The van der Waals surface area contributed by atoms with Crippen LogP contribution < -0.4 is 56.5 Å². The van der Waals surface area contributed by atoms with Crippen LogP contribution in [0.15, 0.2) is 0 Å². The number of aliphatic carboxylic acids is 1. The van der Waals surface area contributed by atoms with Crippen LogP contribution in [0.25, 0.3) is 0 Å². The van der Waals surface area contributed by atoms with Gasteiger partial charge in [0.15, 0.2) is 0 Å². The molecule has 0 atom stereocenters. The second-order valence-corrected chi connectivity index (χ2v) is 11.8. The van der Waals surface area contributed by atoms with Crippen LogP contribution in [0.5, 0.6) is 0 Å². The van der Waals surface area contributed by atoms with Crippen LogP contribution in [0.1, 0.15) is 206 Å². The zero-order valence-corrected chi connectivity index (χ0v) is 29.2. The van der Waals surface area contributed by atoms with E-state index in [1.54, 1.807) is 0 Å². The predicted molar refractivity (Wildman–Crippen MR) is 158 cm³/mol. The summed E-state index contributed by atoms with van der Waals surface area (Å²) in [7, 11) is 0. The molecule has 0 N–H and O–H groups in total. The molecule has 3 heteroatoms. The quantitative estimate of drug-likeness (QED) is 0.0651. The van der Waals surface area contributed by atoms with E-state index in [1.807, 2.05) is 0 Å². The molecule has 0 aromatic heterocycles. The Balaban J connectivity index is 0. The molecular formula is C34H67KO2. The third kappa shape index (κ3) is 33.2. The Hall–Kier alpha value is 1.11. The van der Waals surface area contributed by atoms with Crippen LogP contribution in [0.4, 0.5) is 0 Å². The molecule has 0 aliphatic carbocycles. The molecule has 0 unspecified atom stereocenters. The number of unbranched alkanes of at least 4 members (excludes halogenated alkanes) is 26. The summed E-state index contributed by atoms with van der Waals surface area (Å²) in [5, 5.41) is 11.5. The van der Waals surface area contributed by atoms with Crippen molar-refractivity contribution >= 4 is 5.97 Å². The molecule has 0 radical (unpaired) electrons. The van der Waals surface area contributed by atoms with Gasteiger partial charge in [-0.3, -0.25) is 0 Å². The van der Waals surface area contributed by atoms with Crippen molar-refractivity contribution in [3.05, 3.63) is 0 Å². The maximum Gasteiger partial charge on any atom is 1.00 e. The van der Waals surface area contributed by atoms with Crippen LogP contribution in [-0.2, 0) is 4.79 Å². The smallest absolute Gasteiger partial charge is 0.550 e. The second kappa shape index (κ2) is 35.1. The number of hydrogen-bond donors (Lipinski definition) is 0. The van der Waals surface area contributed by atoms with Gasteiger partial charge in [-0.1, -0.05) is 194 Å². The number of carbonyl (C=O) groups excluding carboxylic acids is 1. The molecule has 0 heterocycles. The maximum absolute atomic E-state index is 11.5. The number of carboxylic acid groups (broad SMARTS) is 1. The number of carboxylic acids is 1. The number of rotatable bonds is 31. The zero-order chi connectivity index (χ0) is 26.4. The monoisotopic (exact) mass is 546 g/mol. The van der Waals surface area contributed by atoms with Crippen molar-refractivity contribution in [2.45, 2.75) is 206 Å². The summed E-state index contributed by atoms with van der Waals surface area (Å²) in [6.45, 7) is 4.56. The molecule has 0 saturated heterocycles. The van der Waals surface area contributed by atoms with Crippen molar-refractivity contribution in [2.24, 2.45) is 5.92 Å². The largest absolute Gasteiger partial charge is 1.00 e. The normalized spacial score (nSPS) is 11.2. The van der Waals surface area contributed by atoms with Crippen molar-refractivity contribution in [3.63, 3.8) is 0 Å². The van der Waals surface area contributed by atoms with Gasteiger partial charge in [-0.2, -0.15) is 0 Å². The van der Waals surface area contributed by atoms with Crippen LogP contribution in [0.3, 0.4) is 0 Å². The topological polar surface area (TPSA) is 40.1 Å². The fourth-order valence-corrected chi connectivity index (χ4v) is 5.55. The second-order valence-electron chi connectivity index (χ2n) is 11.8. The van der Waals surface area contributed by atoms with E-state index in [0.717, 1.165) is 25.7 Å². The fraction of sp³-hybridized carbons (Fsp3) is 0.971. The molecule has 0 aliphatic rings. The molecule has 0 rings (SSSR count). The summed E-state index contributed by atoms with van der Waals surface area (Å²) in [4.78, 5) is 11.5. The Bertz CT molecular complexity index is 394. The molecular weight excluding hydrogens is 479 g/mol. The third-order valence-electron chi connectivity index (χ3n) is 8.15. The Morgan fingerprint density at radius 2 is 0.595 bits per heavy atom. The molecule has 0 fully saturated rings. The van der Waals surface area contributed by atoms with Crippen molar-refractivity contribution in [3.8, 4) is 0 Å². The van der Waals surface area contributed by atoms with E-state index in [4.69, 9.17) is 0 Å². The molecule has 2 nitrogen and oxygen atoms in total. The molecule has 0 amide bonds. The molecule has 0 aromatic carbocycles. The summed E-state index contributed by atoms with van der Waals surface area (Å²) >= 11 is 0. The molecule has 0 bridgehead atoms. The Morgan fingerprint density at radius 3 is 0.784 bits per heavy atom. The number of carbonyl (C=O) groups is 1. The van der Waals surface area contributed by atoms with Gasteiger partial charge < -0.3 is 9.90 Å². The van der Waals surface area contributed by atoms with Gasteiger partial charge >= 0.3 is 51.4 Å². The summed E-state index contributed by atoms with van der Waals surface area (Å²) in [6, 6.07) is 0. The van der Waals surface area contributed by atoms with E-state index in [9.17, 15) is 9.90 Å². The first-order chi connectivity index (χ1) is 17.7. The van der Waals surface area contributed by atoms with Gasteiger partial charge in [0, 0.05) is 5.97 Å². The minimum Gasteiger partial charge on any atom is -0.550 e. The molecule has 0 saturated carbocycles.